The van der Waals surface area contributed by atoms with Gasteiger partial charge < -0.3 is 11.1 Å². The molecule has 1 aliphatic carbocycles. The van der Waals surface area contributed by atoms with Crippen molar-refractivity contribution in [1.82, 2.24) is 9.97 Å². The third-order valence-corrected chi connectivity index (χ3v) is 3.99. The van der Waals surface area contributed by atoms with E-state index in [9.17, 15) is 0 Å². The van der Waals surface area contributed by atoms with Crippen LogP contribution in [0.25, 0.3) is 0 Å². The molecular weight excluding hydrogens is 224 g/mol. The van der Waals surface area contributed by atoms with Gasteiger partial charge in [-0.25, -0.2) is 9.97 Å². The molecule has 1 aromatic heterocycles. The van der Waals surface area contributed by atoms with E-state index in [4.69, 9.17) is 5.73 Å². The zero-order valence-corrected chi connectivity index (χ0v) is 11.8. The molecule has 100 valence electrons. The van der Waals surface area contributed by atoms with Crippen molar-refractivity contribution < 1.29 is 0 Å². The molecule has 2 rings (SSSR count). The Hall–Kier alpha value is -1.32. The molecule has 1 fully saturated rings. The van der Waals surface area contributed by atoms with Crippen molar-refractivity contribution in [1.29, 1.82) is 0 Å². The van der Waals surface area contributed by atoms with Crippen LogP contribution in [-0.2, 0) is 0 Å². The van der Waals surface area contributed by atoms with Gasteiger partial charge in [-0.05, 0) is 24.2 Å². The number of nitrogens with zero attached hydrogens (tertiary/aromatic N) is 2. The highest BCUT2D eigenvalue weighted by Gasteiger charge is 2.27. The van der Waals surface area contributed by atoms with E-state index in [1.54, 1.807) is 0 Å². The first kappa shape index (κ1) is 13.1. The molecule has 1 aliphatic rings. The Morgan fingerprint density at radius 2 is 2.06 bits per heavy atom. The second kappa shape index (κ2) is 4.75. The number of nitrogens with one attached hydrogen (secondary N) is 1. The number of nitrogens with two attached hydrogens (primary N) is 1. The van der Waals surface area contributed by atoms with Gasteiger partial charge in [-0.3, -0.25) is 0 Å². The number of nitrogen functional groups attached to an aromatic ring is 1. The lowest BCUT2D eigenvalue weighted by Gasteiger charge is -2.29. The van der Waals surface area contributed by atoms with Gasteiger partial charge in [0, 0.05) is 18.5 Å². The zero-order chi connectivity index (χ0) is 13.3. The van der Waals surface area contributed by atoms with Crippen molar-refractivity contribution in [3.63, 3.8) is 0 Å². The van der Waals surface area contributed by atoms with Crippen LogP contribution in [0.1, 0.15) is 52.3 Å². The summed E-state index contributed by atoms with van der Waals surface area (Å²) >= 11 is 0. The Labute approximate surface area is 109 Å². The second-order valence-electron chi connectivity index (χ2n) is 6.31. The minimum absolute atomic E-state index is 0.236. The molecule has 1 heterocycles. The lowest BCUT2D eigenvalue weighted by molar-refractivity contribution is 0.269. The first-order valence-corrected chi connectivity index (χ1v) is 6.77. The monoisotopic (exact) mass is 248 g/mol. The highest BCUT2D eigenvalue weighted by atomic mass is 15.1. The third kappa shape index (κ3) is 3.12. The van der Waals surface area contributed by atoms with Crippen molar-refractivity contribution in [2.75, 3.05) is 17.6 Å². The maximum atomic E-state index is 5.83. The van der Waals surface area contributed by atoms with Crippen LogP contribution in [0.4, 0.5) is 11.6 Å². The van der Waals surface area contributed by atoms with E-state index in [2.05, 4.69) is 43.0 Å². The molecule has 0 unspecified atom stereocenters. The van der Waals surface area contributed by atoms with Crippen molar-refractivity contribution in [3.8, 4) is 0 Å². The summed E-state index contributed by atoms with van der Waals surface area (Å²) in [6, 6.07) is 1.82. The van der Waals surface area contributed by atoms with E-state index in [0.29, 0.717) is 17.7 Å². The molecular formula is C14H24N4. The molecule has 1 aromatic rings. The fourth-order valence-electron chi connectivity index (χ4n) is 1.62. The Morgan fingerprint density at radius 3 is 2.61 bits per heavy atom. The normalized spacial score (nSPS) is 16.1. The predicted octanol–water partition coefficient (Wildman–Crippen LogP) is 3.03. The summed E-state index contributed by atoms with van der Waals surface area (Å²) in [6.07, 6.45) is 2.39. The summed E-state index contributed by atoms with van der Waals surface area (Å²) in [7, 11) is 0. The number of aromatic nitrogens is 2. The van der Waals surface area contributed by atoms with E-state index in [-0.39, 0.29) is 5.41 Å². The molecule has 3 N–H and O–H groups in total. The van der Waals surface area contributed by atoms with Crippen LogP contribution in [0, 0.1) is 11.3 Å². The molecule has 1 saturated carbocycles. The van der Waals surface area contributed by atoms with Crippen LogP contribution in [0.3, 0.4) is 0 Å². The molecule has 0 spiro atoms. The van der Waals surface area contributed by atoms with Gasteiger partial charge in [0.15, 0.2) is 0 Å². The maximum Gasteiger partial charge on any atom is 0.136 e. The maximum absolute atomic E-state index is 5.83. The van der Waals surface area contributed by atoms with Crippen LogP contribution < -0.4 is 11.1 Å². The largest absolute Gasteiger partial charge is 0.384 e. The lowest BCUT2D eigenvalue weighted by Crippen LogP contribution is -2.28. The second-order valence-corrected chi connectivity index (χ2v) is 6.31. The van der Waals surface area contributed by atoms with Crippen molar-refractivity contribution in [3.05, 3.63) is 11.9 Å². The van der Waals surface area contributed by atoms with Gasteiger partial charge in [0.25, 0.3) is 0 Å². The Bertz CT molecular complexity index is 422. The standard InChI is InChI=1S/C14H24N4/c1-9(2)14(3,4)8-16-12-7-11(15)17-13(18-12)10-5-6-10/h7,9-10H,5-6,8H2,1-4H3,(H3,15,16,17,18). The molecule has 0 aliphatic heterocycles. The number of rotatable bonds is 5. The molecule has 0 aromatic carbocycles. The number of hydrogen-bond donors (Lipinski definition) is 2. The minimum atomic E-state index is 0.236. The summed E-state index contributed by atoms with van der Waals surface area (Å²) in [5, 5.41) is 3.40. The zero-order valence-electron chi connectivity index (χ0n) is 11.8. The van der Waals surface area contributed by atoms with Crippen LogP contribution >= 0.6 is 0 Å². The van der Waals surface area contributed by atoms with E-state index >= 15 is 0 Å². The SMILES string of the molecule is CC(C)C(C)(C)CNc1cc(N)nc(C2CC2)n1. The van der Waals surface area contributed by atoms with Crippen molar-refractivity contribution >= 4 is 11.6 Å². The van der Waals surface area contributed by atoms with E-state index in [1.165, 1.54) is 12.8 Å². The van der Waals surface area contributed by atoms with Gasteiger partial charge >= 0.3 is 0 Å². The molecule has 4 nitrogen and oxygen atoms in total. The molecule has 0 saturated heterocycles. The van der Waals surface area contributed by atoms with E-state index in [0.717, 1.165) is 18.2 Å². The molecule has 18 heavy (non-hydrogen) atoms. The van der Waals surface area contributed by atoms with Gasteiger partial charge in [0.2, 0.25) is 0 Å². The number of anilines is 2. The van der Waals surface area contributed by atoms with Gasteiger partial charge in [0.05, 0.1) is 0 Å². The van der Waals surface area contributed by atoms with Crippen LogP contribution in [0.2, 0.25) is 0 Å². The van der Waals surface area contributed by atoms with Crippen molar-refractivity contribution in [2.24, 2.45) is 11.3 Å². The van der Waals surface area contributed by atoms with Gasteiger partial charge in [-0.1, -0.05) is 27.7 Å². The molecule has 0 bridgehead atoms. The molecule has 0 amide bonds. The van der Waals surface area contributed by atoms with Crippen LogP contribution in [-0.4, -0.2) is 16.5 Å². The van der Waals surface area contributed by atoms with E-state index < -0.39 is 0 Å². The average molecular weight is 248 g/mol. The summed E-state index contributed by atoms with van der Waals surface area (Å²) in [5.74, 6) is 3.48. The quantitative estimate of drug-likeness (QED) is 0.840. The predicted molar refractivity (Wildman–Crippen MR) is 75.5 cm³/mol. The highest BCUT2D eigenvalue weighted by molar-refractivity contribution is 5.45. The minimum Gasteiger partial charge on any atom is -0.384 e. The number of hydrogen-bond acceptors (Lipinski definition) is 4. The third-order valence-electron chi connectivity index (χ3n) is 3.99. The van der Waals surface area contributed by atoms with E-state index in [1.807, 2.05) is 6.07 Å². The van der Waals surface area contributed by atoms with Gasteiger partial charge in [-0.2, -0.15) is 0 Å². The van der Waals surface area contributed by atoms with Crippen molar-refractivity contribution in [2.45, 2.75) is 46.5 Å². The van der Waals surface area contributed by atoms with Crippen LogP contribution in [0.5, 0.6) is 0 Å². The Morgan fingerprint density at radius 1 is 1.39 bits per heavy atom. The smallest absolute Gasteiger partial charge is 0.136 e. The van der Waals surface area contributed by atoms with Gasteiger partial charge in [-0.15, -0.1) is 0 Å². The fraction of sp³-hybridized carbons (Fsp3) is 0.714. The highest BCUT2D eigenvalue weighted by Crippen LogP contribution is 2.38. The fourth-order valence-corrected chi connectivity index (χ4v) is 1.62. The Kier molecular flexibility index (Phi) is 3.46. The lowest BCUT2D eigenvalue weighted by atomic mass is 9.81. The topological polar surface area (TPSA) is 63.8 Å². The molecule has 0 atom stereocenters. The van der Waals surface area contributed by atoms with Crippen LogP contribution in [0.15, 0.2) is 6.07 Å². The summed E-state index contributed by atoms with van der Waals surface area (Å²) in [4.78, 5) is 8.86. The molecule has 4 heteroatoms. The summed E-state index contributed by atoms with van der Waals surface area (Å²) < 4.78 is 0. The molecule has 0 radical (unpaired) electrons. The first-order valence-electron chi connectivity index (χ1n) is 6.77. The summed E-state index contributed by atoms with van der Waals surface area (Å²) in [5.41, 5.74) is 6.07. The summed E-state index contributed by atoms with van der Waals surface area (Å²) in [6.45, 7) is 9.90. The van der Waals surface area contributed by atoms with Gasteiger partial charge in [0.1, 0.15) is 17.5 Å². The Balaban J connectivity index is 2.05. The average Bonchev–Trinajstić information content (AvgIpc) is 3.09. The first-order chi connectivity index (χ1) is 8.38.